The van der Waals surface area contributed by atoms with Crippen molar-refractivity contribution >= 4 is 5.91 Å². The Kier molecular flexibility index (Phi) is 6.87. The van der Waals surface area contributed by atoms with Crippen molar-refractivity contribution in [2.75, 3.05) is 26.2 Å². The maximum atomic E-state index is 11.8. The normalized spacial score (nSPS) is 10.1. The first kappa shape index (κ1) is 14.5. The minimum atomic E-state index is -0.0603. The molecule has 0 atom stereocenters. The van der Waals surface area contributed by atoms with E-state index in [0.717, 1.165) is 25.3 Å². The second-order valence-corrected chi connectivity index (χ2v) is 3.97. The summed E-state index contributed by atoms with van der Waals surface area (Å²) in [6.07, 6.45) is 1.10. The van der Waals surface area contributed by atoms with Gasteiger partial charge in [0.1, 0.15) is 5.75 Å². The van der Waals surface area contributed by atoms with Gasteiger partial charge in [0.2, 0.25) is 0 Å². The molecule has 0 aliphatic carbocycles. The summed E-state index contributed by atoms with van der Waals surface area (Å²) in [6, 6.07) is 7.23. The van der Waals surface area contributed by atoms with E-state index in [0.29, 0.717) is 18.7 Å². The lowest BCUT2D eigenvalue weighted by atomic mass is 10.2. The monoisotopic (exact) mass is 250 g/mol. The number of nitrogens with one attached hydrogen (secondary N) is 2. The molecule has 18 heavy (non-hydrogen) atoms. The molecule has 4 nitrogen and oxygen atoms in total. The molecule has 0 spiro atoms. The molecule has 100 valence electrons. The van der Waals surface area contributed by atoms with Crippen molar-refractivity contribution < 1.29 is 9.53 Å². The molecular formula is C14H22N2O2. The molecule has 0 aliphatic heterocycles. The minimum absolute atomic E-state index is 0.0603. The molecule has 0 aromatic heterocycles. The van der Waals surface area contributed by atoms with E-state index in [-0.39, 0.29) is 5.91 Å². The zero-order valence-electron chi connectivity index (χ0n) is 11.2. The van der Waals surface area contributed by atoms with Gasteiger partial charge in [-0.1, -0.05) is 13.0 Å². The van der Waals surface area contributed by atoms with E-state index in [1.165, 1.54) is 0 Å². The molecule has 2 N–H and O–H groups in total. The predicted octanol–water partition coefficient (Wildman–Crippen LogP) is 1.81. The van der Waals surface area contributed by atoms with Crippen LogP contribution in [0.4, 0.5) is 0 Å². The molecule has 0 saturated heterocycles. The average molecular weight is 250 g/mol. The molecule has 0 unspecified atom stereocenters. The first-order chi connectivity index (χ1) is 8.77. The summed E-state index contributed by atoms with van der Waals surface area (Å²) in [5.74, 6) is 0.670. The van der Waals surface area contributed by atoms with Gasteiger partial charge in [-0.25, -0.2) is 0 Å². The quantitative estimate of drug-likeness (QED) is 0.692. The van der Waals surface area contributed by atoms with Gasteiger partial charge in [-0.3, -0.25) is 4.79 Å². The van der Waals surface area contributed by atoms with E-state index < -0.39 is 0 Å². The Balaban J connectivity index is 2.38. The van der Waals surface area contributed by atoms with Crippen molar-refractivity contribution in [1.82, 2.24) is 10.6 Å². The molecule has 0 fully saturated rings. The Morgan fingerprint density at radius 2 is 2.06 bits per heavy atom. The molecular weight excluding hydrogens is 228 g/mol. The van der Waals surface area contributed by atoms with Gasteiger partial charge in [-0.2, -0.15) is 0 Å². The Labute approximate surface area is 109 Å². The fourth-order valence-electron chi connectivity index (χ4n) is 1.56. The van der Waals surface area contributed by atoms with Crippen LogP contribution >= 0.6 is 0 Å². The van der Waals surface area contributed by atoms with Crippen LogP contribution in [-0.4, -0.2) is 32.1 Å². The van der Waals surface area contributed by atoms with Crippen LogP contribution in [0.3, 0.4) is 0 Å². The Hall–Kier alpha value is -1.55. The van der Waals surface area contributed by atoms with Gasteiger partial charge in [0, 0.05) is 18.7 Å². The number of hydrogen-bond acceptors (Lipinski definition) is 3. The van der Waals surface area contributed by atoms with E-state index in [1.807, 2.05) is 19.1 Å². The van der Waals surface area contributed by atoms with Gasteiger partial charge >= 0.3 is 0 Å². The Morgan fingerprint density at radius 1 is 1.22 bits per heavy atom. The summed E-state index contributed by atoms with van der Waals surface area (Å²) in [4.78, 5) is 11.8. The van der Waals surface area contributed by atoms with Crippen molar-refractivity contribution in [2.45, 2.75) is 20.3 Å². The fourth-order valence-corrected chi connectivity index (χ4v) is 1.56. The van der Waals surface area contributed by atoms with Gasteiger partial charge in [-0.05, 0) is 38.1 Å². The van der Waals surface area contributed by atoms with Crippen LogP contribution in [0.2, 0.25) is 0 Å². The van der Waals surface area contributed by atoms with Crippen LogP contribution in [-0.2, 0) is 0 Å². The fraction of sp³-hybridized carbons (Fsp3) is 0.500. The molecule has 4 heteroatoms. The minimum Gasteiger partial charge on any atom is -0.494 e. The summed E-state index contributed by atoms with van der Waals surface area (Å²) in [6.45, 7) is 7.06. The number of carbonyl (C=O) groups is 1. The van der Waals surface area contributed by atoms with Crippen molar-refractivity contribution in [1.29, 1.82) is 0 Å². The second kappa shape index (κ2) is 8.53. The van der Waals surface area contributed by atoms with Gasteiger partial charge in [0.25, 0.3) is 5.91 Å². The molecule has 0 radical (unpaired) electrons. The lowest BCUT2D eigenvalue weighted by Crippen LogP contribution is -2.32. The standard InChI is InChI=1S/C14H22N2O2/c1-3-8-15-9-10-16-14(17)12-6-5-7-13(11-12)18-4-2/h5-7,11,15H,3-4,8-10H2,1-2H3,(H,16,17). The first-order valence-electron chi connectivity index (χ1n) is 6.49. The summed E-state index contributed by atoms with van der Waals surface area (Å²) in [5, 5.41) is 6.10. The second-order valence-electron chi connectivity index (χ2n) is 3.97. The van der Waals surface area contributed by atoms with Gasteiger partial charge < -0.3 is 15.4 Å². The lowest BCUT2D eigenvalue weighted by molar-refractivity contribution is 0.0953. The van der Waals surface area contributed by atoms with Crippen LogP contribution in [0.15, 0.2) is 24.3 Å². The lowest BCUT2D eigenvalue weighted by Gasteiger charge is -2.08. The van der Waals surface area contributed by atoms with E-state index >= 15 is 0 Å². The third kappa shape index (κ3) is 5.19. The van der Waals surface area contributed by atoms with E-state index in [2.05, 4.69) is 17.6 Å². The van der Waals surface area contributed by atoms with Crippen molar-refractivity contribution in [2.24, 2.45) is 0 Å². The molecule has 1 amide bonds. The topological polar surface area (TPSA) is 50.4 Å². The summed E-state index contributed by atoms with van der Waals surface area (Å²) < 4.78 is 5.36. The van der Waals surface area contributed by atoms with Crippen molar-refractivity contribution in [3.05, 3.63) is 29.8 Å². The highest BCUT2D eigenvalue weighted by molar-refractivity contribution is 5.94. The van der Waals surface area contributed by atoms with Crippen LogP contribution < -0.4 is 15.4 Å². The van der Waals surface area contributed by atoms with Crippen LogP contribution in [0, 0.1) is 0 Å². The van der Waals surface area contributed by atoms with E-state index in [9.17, 15) is 4.79 Å². The largest absolute Gasteiger partial charge is 0.494 e. The van der Waals surface area contributed by atoms with Gasteiger partial charge in [-0.15, -0.1) is 0 Å². The first-order valence-corrected chi connectivity index (χ1v) is 6.49. The van der Waals surface area contributed by atoms with Crippen LogP contribution in [0.5, 0.6) is 5.75 Å². The van der Waals surface area contributed by atoms with Crippen molar-refractivity contribution in [3.63, 3.8) is 0 Å². The summed E-state index contributed by atoms with van der Waals surface area (Å²) in [7, 11) is 0. The predicted molar refractivity (Wildman–Crippen MR) is 73.1 cm³/mol. The number of ether oxygens (including phenoxy) is 1. The summed E-state index contributed by atoms with van der Waals surface area (Å²) in [5.41, 5.74) is 0.636. The van der Waals surface area contributed by atoms with Crippen molar-refractivity contribution in [3.8, 4) is 5.75 Å². The highest BCUT2D eigenvalue weighted by atomic mass is 16.5. The molecule has 1 aromatic carbocycles. The maximum Gasteiger partial charge on any atom is 0.251 e. The zero-order chi connectivity index (χ0) is 13.2. The van der Waals surface area contributed by atoms with E-state index in [1.54, 1.807) is 12.1 Å². The van der Waals surface area contributed by atoms with E-state index in [4.69, 9.17) is 4.74 Å². The average Bonchev–Trinajstić information content (AvgIpc) is 2.39. The molecule has 0 aliphatic rings. The third-order valence-corrected chi connectivity index (χ3v) is 2.42. The van der Waals surface area contributed by atoms with Crippen LogP contribution in [0.25, 0.3) is 0 Å². The molecule has 0 saturated carbocycles. The van der Waals surface area contributed by atoms with Crippen LogP contribution in [0.1, 0.15) is 30.6 Å². The number of carbonyl (C=O) groups excluding carboxylic acids is 1. The van der Waals surface area contributed by atoms with Gasteiger partial charge in [0.05, 0.1) is 6.61 Å². The van der Waals surface area contributed by atoms with Gasteiger partial charge in [0.15, 0.2) is 0 Å². The number of hydrogen-bond donors (Lipinski definition) is 2. The SMILES string of the molecule is CCCNCCNC(=O)c1cccc(OCC)c1. The highest BCUT2D eigenvalue weighted by Gasteiger charge is 2.05. The number of rotatable bonds is 8. The Bertz CT molecular complexity index is 367. The molecule has 0 bridgehead atoms. The zero-order valence-corrected chi connectivity index (χ0v) is 11.2. The molecule has 1 aromatic rings. The Morgan fingerprint density at radius 3 is 2.78 bits per heavy atom. The molecule has 0 heterocycles. The molecule has 1 rings (SSSR count). The number of amides is 1. The maximum absolute atomic E-state index is 11.8. The highest BCUT2D eigenvalue weighted by Crippen LogP contribution is 2.12. The summed E-state index contributed by atoms with van der Waals surface area (Å²) >= 11 is 0. The number of benzene rings is 1. The smallest absolute Gasteiger partial charge is 0.251 e. The third-order valence-electron chi connectivity index (χ3n) is 2.42.